The molecule has 1 unspecified atom stereocenters. The van der Waals surface area contributed by atoms with Crippen LogP contribution in [0.4, 0.5) is 5.69 Å². The summed E-state index contributed by atoms with van der Waals surface area (Å²) in [4.78, 5) is 27.4. The minimum atomic E-state index is -0.279. The molecule has 1 aliphatic rings. The number of ether oxygens (including phenoxy) is 2. The normalized spacial score (nSPS) is 14.8. The van der Waals surface area contributed by atoms with Crippen LogP contribution in [-0.4, -0.2) is 43.0 Å². The summed E-state index contributed by atoms with van der Waals surface area (Å²) in [7, 11) is 1.70. The third kappa shape index (κ3) is 4.42. The molecule has 1 aliphatic heterocycles. The standard InChI is InChI=1S/C22H19ClN2O4S/c1-25(12-15-13-28-18-5-2-3-6-19(18)29-15)22(27)14-8-9-16(23)17(11-14)24-21(26)20-7-4-10-30-20/h2-11,15H,12-13H2,1H3,(H,24,26). The molecule has 1 aromatic heterocycles. The van der Waals surface area contributed by atoms with Gasteiger partial charge in [-0.2, -0.15) is 0 Å². The Morgan fingerprint density at radius 2 is 1.97 bits per heavy atom. The monoisotopic (exact) mass is 442 g/mol. The van der Waals surface area contributed by atoms with Gasteiger partial charge in [0.2, 0.25) is 0 Å². The molecule has 6 nitrogen and oxygen atoms in total. The van der Waals surface area contributed by atoms with E-state index in [9.17, 15) is 9.59 Å². The number of carbonyl (C=O) groups excluding carboxylic acids is 2. The van der Waals surface area contributed by atoms with Crippen LogP contribution in [0.15, 0.2) is 60.0 Å². The first kappa shape index (κ1) is 20.3. The van der Waals surface area contributed by atoms with E-state index in [0.717, 1.165) is 0 Å². The number of anilines is 1. The number of likely N-dealkylation sites (N-methyl/N-ethyl adjacent to an activating group) is 1. The van der Waals surface area contributed by atoms with E-state index in [4.69, 9.17) is 21.1 Å². The van der Waals surface area contributed by atoms with Crippen molar-refractivity contribution in [2.75, 3.05) is 25.5 Å². The van der Waals surface area contributed by atoms with Crippen LogP contribution in [0.3, 0.4) is 0 Å². The van der Waals surface area contributed by atoms with Crippen molar-refractivity contribution in [2.45, 2.75) is 6.10 Å². The van der Waals surface area contributed by atoms with E-state index in [1.807, 2.05) is 29.6 Å². The third-order valence-electron chi connectivity index (χ3n) is 4.60. The Kier molecular flexibility index (Phi) is 5.92. The van der Waals surface area contributed by atoms with E-state index in [-0.39, 0.29) is 17.9 Å². The summed E-state index contributed by atoms with van der Waals surface area (Å²) in [6.45, 7) is 0.712. The molecular weight excluding hydrogens is 424 g/mol. The number of nitrogens with zero attached hydrogens (tertiary/aromatic N) is 1. The highest BCUT2D eigenvalue weighted by molar-refractivity contribution is 7.12. The van der Waals surface area contributed by atoms with Crippen molar-refractivity contribution in [3.8, 4) is 11.5 Å². The van der Waals surface area contributed by atoms with Gasteiger partial charge in [-0.1, -0.05) is 29.8 Å². The summed E-state index contributed by atoms with van der Waals surface area (Å²) in [6.07, 6.45) is -0.279. The van der Waals surface area contributed by atoms with Crippen molar-refractivity contribution in [1.82, 2.24) is 4.90 Å². The smallest absolute Gasteiger partial charge is 0.265 e. The predicted octanol–water partition coefficient (Wildman–Crippen LogP) is 4.57. The molecule has 0 saturated heterocycles. The van der Waals surface area contributed by atoms with Crippen LogP contribution in [0.2, 0.25) is 5.02 Å². The zero-order chi connectivity index (χ0) is 21.1. The third-order valence-corrected chi connectivity index (χ3v) is 5.80. The number of hydrogen-bond donors (Lipinski definition) is 1. The fourth-order valence-corrected chi connectivity index (χ4v) is 3.89. The molecule has 2 heterocycles. The fraction of sp³-hybridized carbons (Fsp3) is 0.182. The van der Waals surface area contributed by atoms with Gasteiger partial charge in [-0.15, -0.1) is 11.3 Å². The molecule has 3 aromatic rings. The molecule has 2 aromatic carbocycles. The van der Waals surface area contributed by atoms with Crippen LogP contribution in [0.5, 0.6) is 11.5 Å². The summed E-state index contributed by atoms with van der Waals surface area (Å²) < 4.78 is 11.6. The van der Waals surface area contributed by atoms with Crippen LogP contribution >= 0.6 is 22.9 Å². The lowest BCUT2D eigenvalue weighted by atomic mass is 10.1. The summed E-state index contributed by atoms with van der Waals surface area (Å²) in [5.41, 5.74) is 0.806. The molecule has 0 spiro atoms. The number of para-hydroxylation sites is 2. The summed E-state index contributed by atoms with van der Waals surface area (Å²) >= 11 is 7.55. The van der Waals surface area contributed by atoms with E-state index in [1.54, 1.807) is 42.3 Å². The van der Waals surface area contributed by atoms with E-state index in [0.29, 0.717) is 45.8 Å². The maximum absolute atomic E-state index is 12.9. The van der Waals surface area contributed by atoms with E-state index < -0.39 is 0 Å². The van der Waals surface area contributed by atoms with Gasteiger partial charge in [0.15, 0.2) is 17.6 Å². The topological polar surface area (TPSA) is 67.9 Å². The number of halogens is 1. The number of benzene rings is 2. The second kappa shape index (κ2) is 8.77. The van der Waals surface area contributed by atoms with E-state index >= 15 is 0 Å². The quantitative estimate of drug-likeness (QED) is 0.628. The van der Waals surface area contributed by atoms with Crippen LogP contribution in [0.1, 0.15) is 20.0 Å². The highest BCUT2D eigenvalue weighted by Gasteiger charge is 2.24. The molecule has 2 amide bonds. The van der Waals surface area contributed by atoms with Crippen molar-refractivity contribution in [3.05, 3.63) is 75.4 Å². The molecule has 0 radical (unpaired) electrons. The van der Waals surface area contributed by atoms with Crippen molar-refractivity contribution in [1.29, 1.82) is 0 Å². The van der Waals surface area contributed by atoms with Gasteiger partial charge in [-0.05, 0) is 41.8 Å². The molecule has 154 valence electrons. The first-order valence-electron chi connectivity index (χ1n) is 9.29. The first-order chi connectivity index (χ1) is 14.5. The number of nitrogens with one attached hydrogen (secondary N) is 1. The molecule has 0 fully saturated rings. The second-order valence-corrected chi connectivity index (χ2v) is 8.16. The van der Waals surface area contributed by atoms with Gasteiger partial charge in [0, 0.05) is 12.6 Å². The van der Waals surface area contributed by atoms with Gasteiger partial charge in [-0.25, -0.2) is 0 Å². The van der Waals surface area contributed by atoms with Gasteiger partial charge < -0.3 is 19.7 Å². The lowest BCUT2D eigenvalue weighted by molar-refractivity contribution is 0.0521. The second-order valence-electron chi connectivity index (χ2n) is 6.81. The number of amides is 2. The molecule has 8 heteroatoms. The van der Waals surface area contributed by atoms with Gasteiger partial charge in [0.05, 0.1) is 22.1 Å². The van der Waals surface area contributed by atoms with Crippen LogP contribution in [-0.2, 0) is 0 Å². The van der Waals surface area contributed by atoms with Crippen LogP contribution in [0, 0.1) is 0 Å². The van der Waals surface area contributed by atoms with E-state index in [1.165, 1.54) is 11.3 Å². The maximum atomic E-state index is 12.9. The molecule has 1 atom stereocenters. The minimum Gasteiger partial charge on any atom is -0.486 e. The van der Waals surface area contributed by atoms with Crippen LogP contribution < -0.4 is 14.8 Å². The Morgan fingerprint density at radius 3 is 2.73 bits per heavy atom. The molecule has 30 heavy (non-hydrogen) atoms. The van der Waals surface area contributed by atoms with Crippen molar-refractivity contribution >= 4 is 40.4 Å². The summed E-state index contributed by atoms with van der Waals surface area (Å²) in [6, 6.07) is 15.8. The van der Waals surface area contributed by atoms with Crippen molar-refractivity contribution in [3.63, 3.8) is 0 Å². The Morgan fingerprint density at radius 1 is 1.17 bits per heavy atom. The minimum absolute atomic E-state index is 0.208. The summed E-state index contributed by atoms with van der Waals surface area (Å²) in [5.74, 6) is 0.892. The number of rotatable bonds is 5. The number of carbonyl (C=O) groups is 2. The zero-order valence-corrected chi connectivity index (χ0v) is 17.7. The zero-order valence-electron chi connectivity index (χ0n) is 16.1. The molecule has 0 saturated carbocycles. The Bertz CT molecular complexity index is 1070. The Labute approximate surface area is 183 Å². The Hall–Kier alpha value is -3.03. The molecule has 0 aliphatic carbocycles. The fourth-order valence-electron chi connectivity index (χ4n) is 3.11. The van der Waals surface area contributed by atoms with Gasteiger partial charge in [-0.3, -0.25) is 9.59 Å². The number of fused-ring (bicyclic) bond motifs is 1. The number of hydrogen-bond acceptors (Lipinski definition) is 5. The predicted molar refractivity (Wildman–Crippen MR) is 117 cm³/mol. The average Bonchev–Trinajstić information content (AvgIpc) is 3.30. The van der Waals surface area contributed by atoms with Crippen molar-refractivity contribution in [2.24, 2.45) is 0 Å². The molecular formula is C22H19ClN2O4S. The van der Waals surface area contributed by atoms with Gasteiger partial charge in [0.25, 0.3) is 11.8 Å². The molecule has 4 rings (SSSR count). The summed E-state index contributed by atoms with van der Waals surface area (Å²) in [5, 5.41) is 4.94. The Balaban J connectivity index is 1.43. The van der Waals surface area contributed by atoms with Crippen LogP contribution in [0.25, 0.3) is 0 Å². The van der Waals surface area contributed by atoms with Crippen molar-refractivity contribution < 1.29 is 19.1 Å². The van der Waals surface area contributed by atoms with Gasteiger partial charge in [0.1, 0.15) is 6.61 Å². The maximum Gasteiger partial charge on any atom is 0.265 e. The SMILES string of the molecule is CN(CC1COc2ccccc2O1)C(=O)c1ccc(Cl)c(NC(=O)c2cccs2)c1. The molecule has 0 bridgehead atoms. The lowest BCUT2D eigenvalue weighted by Crippen LogP contribution is -2.41. The first-order valence-corrected chi connectivity index (χ1v) is 10.6. The van der Waals surface area contributed by atoms with Gasteiger partial charge >= 0.3 is 0 Å². The van der Waals surface area contributed by atoms with E-state index in [2.05, 4.69) is 5.32 Å². The largest absolute Gasteiger partial charge is 0.486 e. The molecule has 1 N–H and O–H groups in total. The highest BCUT2D eigenvalue weighted by atomic mass is 35.5. The highest BCUT2D eigenvalue weighted by Crippen LogP contribution is 2.31. The number of thiophene rings is 1. The average molecular weight is 443 g/mol. The lowest BCUT2D eigenvalue weighted by Gasteiger charge is -2.29.